The molecule has 7 heteroatoms. The summed E-state index contributed by atoms with van der Waals surface area (Å²) in [6.45, 7) is 0. The van der Waals surface area contributed by atoms with Crippen molar-refractivity contribution in [2.45, 2.75) is 0 Å². The van der Waals surface area contributed by atoms with Crippen LogP contribution in [0.5, 0.6) is 5.75 Å². The van der Waals surface area contributed by atoms with Gasteiger partial charge in [0.05, 0.1) is 14.2 Å². The van der Waals surface area contributed by atoms with Crippen LogP contribution in [0, 0.1) is 0 Å². The number of hydrogen-bond donors (Lipinski definition) is 1. The first-order valence-electron chi connectivity index (χ1n) is 5.72. The number of ether oxygens (including phenoxy) is 2. The van der Waals surface area contributed by atoms with Crippen LogP contribution in [0.25, 0.3) is 12.2 Å². The topological polar surface area (TPSA) is 73.3 Å². The van der Waals surface area contributed by atoms with Gasteiger partial charge >= 0.3 is 6.09 Å². The Hall–Kier alpha value is -2.41. The van der Waals surface area contributed by atoms with Gasteiger partial charge in [0.25, 0.3) is 0 Å². The van der Waals surface area contributed by atoms with Crippen LogP contribution in [0.3, 0.4) is 0 Å². The zero-order valence-corrected chi connectivity index (χ0v) is 11.8. The Balaban J connectivity index is 2.01. The summed E-state index contributed by atoms with van der Waals surface area (Å²) in [4.78, 5) is 11.0. The molecular weight excluding hydrogens is 278 g/mol. The van der Waals surface area contributed by atoms with Gasteiger partial charge in [0, 0.05) is 0 Å². The van der Waals surface area contributed by atoms with Gasteiger partial charge < -0.3 is 9.47 Å². The minimum atomic E-state index is -0.563. The zero-order chi connectivity index (χ0) is 14.4. The molecule has 20 heavy (non-hydrogen) atoms. The fourth-order valence-corrected chi connectivity index (χ4v) is 2.01. The van der Waals surface area contributed by atoms with Crippen molar-refractivity contribution in [3.63, 3.8) is 0 Å². The SMILES string of the molecule is COC(=O)Nc1nnc(/C=C/c2ccc(OC)cc2)s1. The third kappa shape index (κ3) is 3.79. The highest BCUT2D eigenvalue weighted by Gasteiger charge is 2.05. The standard InChI is InChI=1S/C13H13N3O3S/c1-18-10-6-3-9(4-7-10)5-8-11-15-16-12(20-11)14-13(17)19-2/h3-8H,1-2H3,(H,14,16,17)/b8-5+. The highest BCUT2D eigenvalue weighted by molar-refractivity contribution is 7.16. The van der Waals surface area contributed by atoms with Crippen molar-refractivity contribution in [1.82, 2.24) is 10.2 Å². The molecule has 1 aromatic heterocycles. The molecule has 0 atom stereocenters. The van der Waals surface area contributed by atoms with Gasteiger partial charge in [-0.1, -0.05) is 29.5 Å². The first kappa shape index (κ1) is 14.0. The second kappa shape index (κ2) is 6.67. The monoisotopic (exact) mass is 291 g/mol. The van der Waals surface area contributed by atoms with Crippen LogP contribution in [0.4, 0.5) is 9.93 Å². The zero-order valence-electron chi connectivity index (χ0n) is 11.0. The van der Waals surface area contributed by atoms with E-state index in [4.69, 9.17) is 4.74 Å². The van der Waals surface area contributed by atoms with E-state index in [0.29, 0.717) is 10.1 Å². The minimum Gasteiger partial charge on any atom is -0.497 e. The van der Waals surface area contributed by atoms with E-state index in [1.807, 2.05) is 36.4 Å². The van der Waals surface area contributed by atoms with E-state index < -0.39 is 6.09 Å². The lowest BCUT2D eigenvalue weighted by atomic mass is 10.2. The highest BCUT2D eigenvalue weighted by Crippen LogP contribution is 2.18. The fourth-order valence-electron chi connectivity index (χ4n) is 1.37. The van der Waals surface area contributed by atoms with Gasteiger partial charge in [0.2, 0.25) is 5.13 Å². The molecule has 1 amide bonds. The summed E-state index contributed by atoms with van der Waals surface area (Å²) in [5, 5.41) is 11.3. The van der Waals surface area contributed by atoms with E-state index in [0.717, 1.165) is 11.3 Å². The summed E-state index contributed by atoms with van der Waals surface area (Å²) in [6.07, 6.45) is 3.16. The van der Waals surface area contributed by atoms with Crippen molar-refractivity contribution >= 4 is 34.7 Å². The Labute approximate surface area is 120 Å². The Bertz CT molecular complexity index is 608. The lowest BCUT2D eigenvalue weighted by molar-refractivity contribution is 0.187. The van der Waals surface area contributed by atoms with Crippen molar-refractivity contribution in [1.29, 1.82) is 0 Å². The van der Waals surface area contributed by atoms with Crippen LogP contribution in [0.1, 0.15) is 10.6 Å². The third-order valence-corrected chi connectivity index (χ3v) is 3.17. The van der Waals surface area contributed by atoms with Crippen LogP contribution in [-0.4, -0.2) is 30.5 Å². The molecule has 0 saturated heterocycles. The largest absolute Gasteiger partial charge is 0.497 e. The molecule has 2 aromatic rings. The molecule has 0 fully saturated rings. The first-order chi connectivity index (χ1) is 9.71. The molecule has 0 aliphatic heterocycles. The Kier molecular flexibility index (Phi) is 4.67. The van der Waals surface area contributed by atoms with Gasteiger partial charge in [0.1, 0.15) is 10.8 Å². The van der Waals surface area contributed by atoms with Crippen LogP contribution in [0.15, 0.2) is 24.3 Å². The van der Waals surface area contributed by atoms with Gasteiger partial charge in [-0.05, 0) is 23.8 Å². The van der Waals surface area contributed by atoms with Crippen molar-refractivity contribution in [2.24, 2.45) is 0 Å². The second-order valence-corrected chi connectivity index (χ2v) is 4.68. The number of benzene rings is 1. The van der Waals surface area contributed by atoms with Crippen LogP contribution in [-0.2, 0) is 4.74 Å². The lowest BCUT2D eigenvalue weighted by Gasteiger charge is -1.98. The number of amides is 1. The van der Waals surface area contributed by atoms with Crippen LogP contribution >= 0.6 is 11.3 Å². The first-order valence-corrected chi connectivity index (χ1v) is 6.53. The number of methoxy groups -OCH3 is 2. The number of carbonyl (C=O) groups is 1. The Morgan fingerprint density at radius 3 is 2.60 bits per heavy atom. The van der Waals surface area contributed by atoms with Crippen molar-refractivity contribution < 1.29 is 14.3 Å². The number of carbonyl (C=O) groups excluding carboxylic acids is 1. The van der Waals surface area contributed by atoms with Gasteiger partial charge in [-0.15, -0.1) is 10.2 Å². The number of nitrogens with one attached hydrogen (secondary N) is 1. The second-order valence-electron chi connectivity index (χ2n) is 3.67. The van der Waals surface area contributed by atoms with E-state index in [1.54, 1.807) is 7.11 Å². The molecule has 0 aliphatic carbocycles. The maximum absolute atomic E-state index is 11.0. The number of anilines is 1. The fraction of sp³-hybridized carbons (Fsp3) is 0.154. The van der Waals surface area contributed by atoms with Crippen molar-refractivity contribution in [3.05, 3.63) is 34.8 Å². The third-order valence-electron chi connectivity index (χ3n) is 2.37. The molecule has 0 radical (unpaired) electrons. The predicted octanol–water partition coefficient (Wildman–Crippen LogP) is 2.90. The Morgan fingerprint density at radius 1 is 1.20 bits per heavy atom. The molecule has 0 spiro atoms. The van der Waals surface area contributed by atoms with Gasteiger partial charge in [-0.25, -0.2) is 4.79 Å². The van der Waals surface area contributed by atoms with Gasteiger partial charge in [0.15, 0.2) is 0 Å². The molecule has 0 aliphatic rings. The molecule has 1 N–H and O–H groups in total. The normalized spacial score (nSPS) is 10.5. The molecular formula is C13H13N3O3S. The van der Waals surface area contributed by atoms with E-state index in [1.165, 1.54) is 18.4 Å². The quantitative estimate of drug-likeness (QED) is 0.937. The summed E-state index contributed by atoms with van der Waals surface area (Å²) >= 11 is 1.26. The summed E-state index contributed by atoms with van der Waals surface area (Å²) in [5.74, 6) is 0.808. The number of hydrogen-bond acceptors (Lipinski definition) is 6. The molecule has 1 aromatic carbocycles. The van der Waals surface area contributed by atoms with Crippen molar-refractivity contribution in [2.75, 3.05) is 19.5 Å². The maximum atomic E-state index is 11.0. The number of aromatic nitrogens is 2. The molecule has 0 unspecified atom stereocenters. The van der Waals surface area contributed by atoms with E-state index in [-0.39, 0.29) is 0 Å². The molecule has 6 nitrogen and oxygen atoms in total. The number of nitrogens with zero attached hydrogens (tertiary/aromatic N) is 2. The predicted molar refractivity (Wildman–Crippen MR) is 77.9 cm³/mol. The number of rotatable bonds is 4. The summed E-state index contributed by atoms with van der Waals surface area (Å²) in [7, 11) is 2.92. The summed E-state index contributed by atoms with van der Waals surface area (Å²) < 4.78 is 9.56. The van der Waals surface area contributed by atoms with E-state index in [9.17, 15) is 4.79 Å². The van der Waals surface area contributed by atoms with Gasteiger partial charge in [-0.3, -0.25) is 5.32 Å². The molecule has 2 rings (SSSR count). The maximum Gasteiger partial charge on any atom is 0.413 e. The molecule has 0 bridgehead atoms. The smallest absolute Gasteiger partial charge is 0.413 e. The minimum absolute atomic E-state index is 0.395. The average molecular weight is 291 g/mol. The van der Waals surface area contributed by atoms with E-state index >= 15 is 0 Å². The molecule has 0 saturated carbocycles. The van der Waals surface area contributed by atoms with Crippen LogP contribution < -0.4 is 10.1 Å². The summed E-state index contributed by atoms with van der Waals surface area (Å²) in [5.41, 5.74) is 1.02. The average Bonchev–Trinajstić information content (AvgIpc) is 2.93. The Morgan fingerprint density at radius 2 is 1.95 bits per heavy atom. The molecule has 104 valence electrons. The van der Waals surface area contributed by atoms with Crippen LogP contribution in [0.2, 0.25) is 0 Å². The highest BCUT2D eigenvalue weighted by atomic mass is 32.1. The summed E-state index contributed by atoms with van der Waals surface area (Å²) in [6, 6.07) is 7.63. The lowest BCUT2D eigenvalue weighted by Crippen LogP contribution is -2.10. The van der Waals surface area contributed by atoms with Gasteiger partial charge in [-0.2, -0.15) is 0 Å². The van der Waals surface area contributed by atoms with Crippen molar-refractivity contribution in [3.8, 4) is 5.75 Å². The molecule has 1 heterocycles. The van der Waals surface area contributed by atoms with E-state index in [2.05, 4.69) is 20.3 Å².